The summed E-state index contributed by atoms with van der Waals surface area (Å²) in [6, 6.07) is 0. The van der Waals surface area contributed by atoms with E-state index in [1.807, 2.05) is 0 Å². The molecule has 5 nitrogen and oxygen atoms in total. The molecule has 3 rings (SSSR count). The first-order valence-corrected chi connectivity index (χ1v) is 5.90. The fourth-order valence-corrected chi connectivity index (χ4v) is 2.74. The molecule has 0 radical (unpaired) electrons. The van der Waals surface area contributed by atoms with Gasteiger partial charge in [-0.25, -0.2) is 0 Å². The van der Waals surface area contributed by atoms with E-state index >= 15 is 0 Å². The third-order valence-electron chi connectivity index (χ3n) is 3.51. The third kappa shape index (κ3) is 1.38. The van der Waals surface area contributed by atoms with Crippen molar-refractivity contribution >= 4 is 5.97 Å². The summed E-state index contributed by atoms with van der Waals surface area (Å²) in [5.74, 6) is -2.06. The zero-order chi connectivity index (χ0) is 11.1. The predicted octanol–water partition coefficient (Wildman–Crippen LogP) is 0.963. The number of carbonyl (C=O) groups excluding carboxylic acids is 1. The number of carbonyl (C=O) groups is 1. The Labute approximate surface area is 94.0 Å². The van der Waals surface area contributed by atoms with Crippen LogP contribution in [0.1, 0.15) is 32.1 Å². The topological polar surface area (TPSA) is 54.0 Å². The fraction of sp³-hybridized carbons (Fsp3) is 0.909. The Morgan fingerprint density at radius 1 is 0.875 bits per heavy atom. The van der Waals surface area contributed by atoms with Crippen LogP contribution < -0.4 is 0 Å². The van der Waals surface area contributed by atoms with Gasteiger partial charge >= 0.3 is 5.97 Å². The lowest BCUT2D eigenvalue weighted by Crippen LogP contribution is -2.56. The largest absolute Gasteiger partial charge is 0.427 e. The summed E-state index contributed by atoms with van der Waals surface area (Å²) in [6.07, 6.45) is 3.58. The Morgan fingerprint density at radius 3 is 2.31 bits per heavy atom. The summed E-state index contributed by atoms with van der Waals surface area (Å²) in [6.45, 7) is 1.69. The molecule has 3 fully saturated rings. The van der Waals surface area contributed by atoms with Gasteiger partial charge in [0.05, 0.1) is 26.2 Å². The second kappa shape index (κ2) is 3.68. The monoisotopic (exact) mass is 228 g/mol. The highest BCUT2D eigenvalue weighted by Gasteiger charge is 2.63. The van der Waals surface area contributed by atoms with Crippen LogP contribution in [-0.2, 0) is 23.7 Å². The van der Waals surface area contributed by atoms with Gasteiger partial charge in [-0.15, -0.1) is 0 Å². The molecule has 3 saturated heterocycles. The van der Waals surface area contributed by atoms with Gasteiger partial charge in [0.25, 0.3) is 5.79 Å². The highest BCUT2D eigenvalue weighted by molar-refractivity contribution is 5.72. The molecule has 0 amide bonds. The average molecular weight is 228 g/mol. The van der Waals surface area contributed by atoms with Crippen LogP contribution in [0.15, 0.2) is 0 Å². The van der Waals surface area contributed by atoms with Gasteiger partial charge in [0, 0.05) is 12.8 Å². The molecule has 3 aliphatic rings. The van der Waals surface area contributed by atoms with Crippen molar-refractivity contribution in [3.63, 3.8) is 0 Å². The van der Waals surface area contributed by atoms with Crippen molar-refractivity contribution in [1.82, 2.24) is 0 Å². The molecule has 0 aromatic carbocycles. The number of hydrogen-bond donors (Lipinski definition) is 0. The second-order valence-electron chi connectivity index (χ2n) is 4.48. The third-order valence-corrected chi connectivity index (χ3v) is 3.51. The van der Waals surface area contributed by atoms with E-state index in [4.69, 9.17) is 18.9 Å². The van der Waals surface area contributed by atoms with Crippen LogP contribution in [0.5, 0.6) is 0 Å². The first kappa shape index (κ1) is 10.5. The van der Waals surface area contributed by atoms with E-state index < -0.39 is 11.6 Å². The fourth-order valence-electron chi connectivity index (χ4n) is 2.74. The zero-order valence-electron chi connectivity index (χ0n) is 9.20. The number of rotatable bonds is 0. The minimum atomic E-state index is -0.989. The van der Waals surface area contributed by atoms with Crippen LogP contribution in [0.2, 0.25) is 0 Å². The number of ether oxygens (including phenoxy) is 4. The Morgan fingerprint density at radius 2 is 1.62 bits per heavy atom. The summed E-state index contributed by atoms with van der Waals surface area (Å²) in [7, 11) is 0. The van der Waals surface area contributed by atoms with Crippen LogP contribution in [-0.4, -0.2) is 37.4 Å². The van der Waals surface area contributed by atoms with Crippen LogP contribution in [0.4, 0.5) is 0 Å². The van der Waals surface area contributed by atoms with Crippen LogP contribution in [0, 0.1) is 0 Å². The minimum absolute atomic E-state index is 0.222. The first-order chi connectivity index (χ1) is 7.77. The van der Waals surface area contributed by atoms with Crippen molar-refractivity contribution in [3.05, 3.63) is 0 Å². The number of esters is 1. The number of fused-ring (bicyclic) bond motifs is 1. The lowest BCUT2D eigenvalue weighted by atomic mass is 9.97. The van der Waals surface area contributed by atoms with Gasteiger partial charge in [0.15, 0.2) is 0 Å². The molecule has 5 heteroatoms. The molecule has 0 N–H and O–H groups in total. The Hall–Kier alpha value is -0.650. The molecule has 3 aliphatic heterocycles. The summed E-state index contributed by atoms with van der Waals surface area (Å²) in [5.41, 5.74) is 0. The minimum Gasteiger partial charge on any atom is -0.427 e. The zero-order valence-corrected chi connectivity index (χ0v) is 9.20. The van der Waals surface area contributed by atoms with Crippen molar-refractivity contribution in [2.75, 3.05) is 19.8 Å². The van der Waals surface area contributed by atoms with E-state index in [0.717, 1.165) is 19.3 Å². The maximum Gasteiger partial charge on any atom is 0.308 e. The van der Waals surface area contributed by atoms with Gasteiger partial charge in [-0.2, -0.15) is 0 Å². The van der Waals surface area contributed by atoms with E-state index in [2.05, 4.69) is 0 Å². The molecule has 0 aliphatic carbocycles. The molecule has 0 aromatic rings. The Balaban J connectivity index is 1.94. The SMILES string of the molecule is O=C1CCC2(OCCCCC23OCCO3)O1. The van der Waals surface area contributed by atoms with E-state index in [0.29, 0.717) is 32.7 Å². The lowest BCUT2D eigenvalue weighted by molar-refractivity contribution is -0.355. The van der Waals surface area contributed by atoms with Gasteiger partial charge in [-0.3, -0.25) is 4.79 Å². The summed E-state index contributed by atoms with van der Waals surface area (Å²) in [4.78, 5) is 11.4. The van der Waals surface area contributed by atoms with Crippen LogP contribution in [0.3, 0.4) is 0 Å². The molecular formula is C11H16O5. The smallest absolute Gasteiger partial charge is 0.308 e. The molecule has 1 atom stereocenters. The molecule has 0 aromatic heterocycles. The highest BCUT2D eigenvalue weighted by atomic mass is 16.8. The maximum atomic E-state index is 11.4. The van der Waals surface area contributed by atoms with E-state index in [1.54, 1.807) is 0 Å². The molecule has 3 heterocycles. The average Bonchev–Trinajstić information content (AvgIpc) is 2.82. The van der Waals surface area contributed by atoms with E-state index in [9.17, 15) is 4.79 Å². The highest BCUT2D eigenvalue weighted by Crippen LogP contribution is 2.47. The van der Waals surface area contributed by atoms with Crippen molar-refractivity contribution in [3.8, 4) is 0 Å². The predicted molar refractivity (Wildman–Crippen MR) is 52.5 cm³/mol. The van der Waals surface area contributed by atoms with E-state index in [1.165, 1.54) is 0 Å². The summed E-state index contributed by atoms with van der Waals surface area (Å²) < 4.78 is 22.6. The molecule has 0 bridgehead atoms. The van der Waals surface area contributed by atoms with Crippen molar-refractivity contribution in [2.45, 2.75) is 43.7 Å². The van der Waals surface area contributed by atoms with Gasteiger partial charge < -0.3 is 18.9 Å². The Bertz CT molecular complexity index is 297. The van der Waals surface area contributed by atoms with Gasteiger partial charge in [-0.1, -0.05) is 0 Å². The lowest BCUT2D eigenvalue weighted by Gasteiger charge is -2.40. The van der Waals surface area contributed by atoms with Gasteiger partial charge in [0.2, 0.25) is 5.79 Å². The second-order valence-corrected chi connectivity index (χ2v) is 4.48. The Kier molecular flexibility index (Phi) is 2.42. The van der Waals surface area contributed by atoms with Crippen molar-refractivity contribution < 1.29 is 23.7 Å². The van der Waals surface area contributed by atoms with Crippen LogP contribution >= 0.6 is 0 Å². The van der Waals surface area contributed by atoms with Crippen LogP contribution in [0.25, 0.3) is 0 Å². The van der Waals surface area contributed by atoms with Gasteiger partial charge in [0.1, 0.15) is 0 Å². The molecule has 2 spiro atoms. The first-order valence-electron chi connectivity index (χ1n) is 5.90. The summed E-state index contributed by atoms with van der Waals surface area (Å²) >= 11 is 0. The molecule has 0 saturated carbocycles. The van der Waals surface area contributed by atoms with Crippen molar-refractivity contribution in [2.24, 2.45) is 0 Å². The normalized spacial score (nSPS) is 37.9. The molecular weight excluding hydrogens is 212 g/mol. The molecule has 1 unspecified atom stereocenters. The molecule has 90 valence electrons. The van der Waals surface area contributed by atoms with Crippen molar-refractivity contribution in [1.29, 1.82) is 0 Å². The van der Waals surface area contributed by atoms with Gasteiger partial charge in [-0.05, 0) is 12.8 Å². The van der Waals surface area contributed by atoms with E-state index in [-0.39, 0.29) is 5.97 Å². The number of hydrogen-bond acceptors (Lipinski definition) is 5. The quantitative estimate of drug-likeness (QED) is 0.578. The standard InChI is InChI=1S/C11H16O5/c12-9-3-5-11(16-9)10(14-7-8-15-10)4-1-2-6-13-11/h1-8H2. The maximum absolute atomic E-state index is 11.4. The molecule has 16 heavy (non-hydrogen) atoms. The summed E-state index contributed by atoms with van der Waals surface area (Å²) in [5, 5.41) is 0.